The summed E-state index contributed by atoms with van der Waals surface area (Å²) in [5.41, 5.74) is 0.933. The summed E-state index contributed by atoms with van der Waals surface area (Å²) in [4.78, 5) is 20.1. The van der Waals surface area contributed by atoms with E-state index in [-0.39, 0.29) is 29.1 Å². The topological polar surface area (TPSA) is 90.8 Å². The number of aromatic nitrogens is 2. The maximum Gasteiger partial charge on any atom is 0.340 e. The van der Waals surface area contributed by atoms with Gasteiger partial charge in [0.25, 0.3) is 0 Å². The molecule has 0 bridgehead atoms. The van der Waals surface area contributed by atoms with Crippen LogP contribution in [0.5, 0.6) is 23.5 Å². The van der Waals surface area contributed by atoms with E-state index in [1.54, 1.807) is 36.4 Å². The van der Waals surface area contributed by atoms with Crippen LogP contribution < -0.4 is 14.2 Å². The van der Waals surface area contributed by atoms with Gasteiger partial charge >= 0.3 is 12.0 Å². The summed E-state index contributed by atoms with van der Waals surface area (Å²) in [6.07, 6.45) is 0. The lowest BCUT2D eigenvalue weighted by Gasteiger charge is -2.13. The van der Waals surface area contributed by atoms with Crippen molar-refractivity contribution in [3.63, 3.8) is 0 Å². The molecule has 0 atom stereocenters. The minimum atomic E-state index is -1.17. The molecule has 1 N–H and O–H groups in total. The Labute approximate surface area is 160 Å². The van der Waals surface area contributed by atoms with Gasteiger partial charge < -0.3 is 19.3 Å². The summed E-state index contributed by atoms with van der Waals surface area (Å²) in [5, 5.41) is 10.2. The van der Waals surface area contributed by atoms with E-state index in [4.69, 9.17) is 25.8 Å². The number of hydrogen-bond acceptors (Lipinski definition) is 6. The minimum absolute atomic E-state index is 0.0593. The quantitative estimate of drug-likeness (QED) is 0.675. The van der Waals surface area contributed by atoms with E-state index in [0.29, 0.717) is 16.1 Å². The monoisotopic (exact) mass is 386 g/mol. The van der Waals surface area contributed by atoms with E-state index in [1.165, 1.54) is 26.4 Å². The lowest BCUT2D eigenvalue weighted by Crippen LogP contribution is -2.05. The first-order chi connectivity index (χ1) is 13.0. The van der Waals surface area contributed by atoms with Crippen LogP contribution in [-0.2, 0) is 0 Å². The lowest BCUT2D eigenvalue weighted by molar-refractivity contribution is 0.0695. The zero-order valence-corrected chi connectivity index (χ0v) is 15.2. The Morgan fingerprint density at radius 2 is 1.59 bits per heavy atom. The molecule has 27 heavy (non-hydrogen) atoms. The van der Waals surface area contributed by atoms with Crippen molar-refractivity contribution in [2.75, 3.05) is 14.2 Å². The normalized spacial score (nSPS) is 10.3. The summed E-state index contributed by atoms with van der Waals surface area (Å²) in [6.45, 7) is 0. The molecular formula is C19H15ClN2O5. The number of ether oxygens (including phenoxy) is 3. The van der Waals surface area contributed by atoms with Gasteiger partial charge in [0.05, 0.1) is 20.3 Å². The summed E-state index contributed by atoms with van der Waals surface area (Å²) >= 11 is 6.24. The van der Waals surface area contributed by atoms with Crippen LogP contribution in [-0.4, -0.2) is 35.3 Å². The Kier molecular flexibility index (Phi) is 5.42. The van der Waals surface area contributed by atoms with E-state index in [1.807, 2.05) is 0 Å². The Morgan fingerprint density at radius 1 is 0.963 bits per heavy atom. The largest absolute Gasteiger partial charge is 0.481 e. The third kappa shape index (κ3) is 3.93. The molecule has 0 aliphatic carbocycles. The van der Waals surface area contributed by atoms with Crippen molar-refractivity contribution in [2.24, 2.45) is 0 Å². The Hall–Kier alpha value is -3.32. The van der Waals surface area contributed by atoms with Crippen LogP contribution in [0.1, 0.15) is 10.4 Å². The number of methoxy groups -OCH3 is 2. The fourth-order valence-electron chi connectivity index (χ4n) is 2.48. The maximum absolute atomic E-state index is 12.0. The fourth-order valence-corrected chi connectivity index (χ4v) is 2.72. The second kappa shape index (κ2) is 7.92. The molecule has 1 aromatic heterocycles. The van der Waals surface area contributed by atoms with E-state index < -0.39 is 5.97 Å². The molecule has 0 amide bonds. The predicted molar refractivity (Wildman–Crippen MR) is 99.1 cm³/mol. The summed E-state index contributed by atoms with van der Waals surface area (Å²) in [5.74, 6) is -0.669. The molecule has 138 valence electrons. The fraction of sp³-hybridized carbons (Fsp3) is 0.105. The third-order valence-corrected chi connectivity index (χ3v) is 4.01. The van der Waals surface area contributed by atoms with Gasteiger partial charge in [0.15, 0.2) is 0 Å². The number of nitrogens with zero attached hydrogens (tertiary/aromatic N) is 2. The van der Waals surface area contributed by atoms with Crippen LogP contribution in [0.2, 0.25) is 5.02 Å². The first-order valence-corrected chi connectivity index (χ1v) is 8.17. The smallest absolute Gasteiger partial charge is 0.340 e. The zero-order valence-electron chi connectivity index (χ0n) is 14.5. The summed E-state index contributed by atoms with van der Waals surface area (Å²) in [7, 11) is 2.87. The lowest BCUT2D eigenvalue weighted by atomic mass is 9.99. The SMILES string of the molecule is COc1cc(OC)nc(Oc2cccc(-c3ccccc3Cl)c2C(=O)O)n1. The number of carboxylic acid groups (broad SMARTS) is 1. The second-order valence-electron chi connectivity index (χ2n) is 5.30. The van der Waals surface area contributed by atoms with E-state index in [2.05, 4.69) is 9.97 Å². The standard InChI is InChI=1S/C19H15ClN2O5/c1-25-15-10-16(26-2)22-19(21-15)27-14-9-5-7-12(17(14)18(23)24)11-6-3-4-8-13(11)20/h3-10H,1-2H3,(H,23,24). The number of hydrogen-bond donors (Lipinski definition) is 1. The molecule has 3 aromatic rings. The minimum Gasteiger partial charge on any atom is -0.481 e. The first kappa shape index (κ1) is 18.5. The average molecular weight is 387 g/mol. The molecule has 7 nitrogen and oxygen atoms in total. The third-order valence-electron chi connectivity index (χ3n) is 3.68. The zero-order chi connectivity index (χ0) is 19.4. The molecule has 3 rings (SSSR count). The highest BCUT2D eigenvalue weighted by molar-refractivity contribution is 6.33. The van der Waals surface area contributed by atoms with E-state index in [9.17, 15) is 9.90 Å². The van der Waals surface area contributed by atoms with E-state index in [0.717, 1.165) is 0 Å². The Balaban J connectivity index is 2.11. The van der Waals surface area contributed by atoms with Crippen LogP contribution in [0.4, 0.5) is 0 Å². The van der Waals surface area contributed by atoms with Crippen molar-refractivity contribution < 1.29 is 24.1 Å². The van der Waals surface area contributed by atoms with Crippen molar-refractivity contribution in [1.82, 2.24) is 9.97 Å². The number of aromatic carboxylic acids is 1. The van der Waals surface area contributed by atoms with Crippen molar-refractivity contribution in [1.29, 1.82) is 0 Å². The van der Waals surface area contributed by atoms with Crippen molar-refractivity contribution in [3.8, 4) is 34.6 Å². The number of benzene rings is 2. The highest BCUT2D eigenvalue weighted by Crippen LogP contribution is 2.36. The van der Waals surface area contributed by atoms with Crippen LogP contribution in [0, 0.1) is 0 Å². The molecular weight excluding hydrogens is 372 g/mol. The van der Waals surface area contributed by atoms with Gasteiger partial charge in [-0.05, 0) is 12.1 Å². The molecule has 8 heteroatoms. The van der Waals surface area contributed by atoms with Crippen molar-refractivity contribution >= 4 is 17.6 Å². The number of rotatable bonds is 6. The molecule has 0 saturated carbocycles. The molecule has 0 aliphatic heterocycles. The Bertz CT molecular complexity index is 971. The average Bonchev–Trinajstić information content (AvgIpc) is 2.67. The van der Waals surface area contributed by atoms with E-state index >= 15 is 0 Å². The molecule has 0 saturated heterocycles. The Morgan fingerprint density at radius 3 is 2.19 bits per heavy atom. The molecule has 2 aromatic carbocycles. The van der Waals surface area contributed by atoms with Gasteiger partial charge in [0, 0.05) is 16.1 Å². The van der Waals surface area contributed by atoms with Crippen LogP contribution in [0.25, 0.3) is 11.1 Å². The molecule has 0 fully saturated rings. The second-order valence-corrected chi connectivity index (χ2v) is 5.71. The van der Waals surface area contributed by atoms with Gasteiger partial charge in [-0.3, -0.25) is 0 Å². The van der Waals surface area contributed by atoms with Gasteiger partial charge in [0.1, 0.15) is 11.3 Å². The van der Waals surface area contributed by atoms with Crippen LogP contribution >= 0.6 is 11.6 Å². The molecule has 0 aliphatic rings. The van der Waals surface area contributed by atoms with Gasteiger partial charge in [-0.15, -0.1) is 0 Å². The molecule has 0 unspecified atom stereocenters. The van der Waals surface area contributed by atoms with Crippen molar-refractivity contribution in [3.05, 3.63) is 59.1 Å². The summed E-state index contributed by atoms with van der Waals surface area (Å²) in [6, 6.07) is 13.2. The number of halogens is 1. The van der Waals surface area contributed by atoms with Gasteiger partial charge in [-0.1, -0.05) is 41.9 Å². The van der Waals surface area contributed by atoms with Gasteiger partial charge in [-0.2, -0.15) is 9.97 Å². The highest BCUT2D eigenvalue weighted by Gasteiger charge is 2.21. The van der Waals surface area contributed by atoms with Gasteiger partial charge in [-0.25, -0.2) is 4.79 Å². The predicted octanol–water partition coefficient (Wildman–Crippen LogP) is 4.30. The molecule has 1 heterocycles. The van der Waals surface area contributed by atoms with Crippen molar-refractivity contribution in [2.45, 2.75) is 0 Å². The molecule has 0 spiro atoms. The first-order valence-electron chi connectivity index (χ1n) is 7.79. The van der Waals surface area contributed by atoms with Crippen LogP contribution in [0.3, 0.4) is 0 Å². The maximum atomic E-state index is 12.0. The highest BCUT2D eigenvalue weighted by atomic mass is 35.5. The number of carboxylic acids is 1. The number of carbonyl (C=O) groups is 1. The van der Waals surface area contributed by atoms with Gasteiger partial charge in [0.2, 0.25) is 11.8 Å². The molecule has 0 radical (unpaired) electrons. The van der Waals surface area contributed by atoms with Crippen LogP contribution in [0.15, 0.2) is 48.5 Å². The summed E-state index contributed by atoms with van der Waals surface area (Å²) < 4.78 is 15.8.